The summed E-state index contributed by atoms with van der Waals surface area (Å²) in [5.41, 5.74) is 6.33. The molecule has 4 heteroatoms. The van der Waals surface area contributed by atoms with Crippen LogP contribution in [0.25, 0.3) is 0 Å². The first kappa shape index (κ1) is 13.6. The molecule has 1 unspecified atom stereocenters. The molecule has 19 heavy (non-hydrogen) atoms. The van der Waals surface area contributed by atoms with E-state index in [0.717, 1.165) is 22.8 Å². The van der Waals surface area contributed by atoms with Crippen LogP contribution in [0.4, 0.5) is 8.78 Å². The van der Waals surface area contributed by atoms with Gasteiger partial charge in [0.05, 0.1) is 6.04 Å². The van der Waals surface area contributed by atoms with E-state index in [2.05, 4.69) is 5.43 Å². The topological polar surface area (TPSA) is 38.0 Å². The van der Waals surface area contributed by atoms with Crippen LogP contribution < -0.4 is 11.3 Å². The van der Waals surface area contributed by atoms with Crippen molar-refractivity contribution in [2.75, 3.05) is 0 Å². The molecule has 1 atom stereocenters. The molecule has 0 radical (unpaired) electrons. The molecule has 0 saturated heterocycles. The van der Waals surface area contributed by atoms with Crippen LogP contribution in [0.1, 0.15) is 28.3 Å². The van der Waals surface area contributed by atoms with Crippen LogP contribution in [0.3, 0.4) is 0 Å². The van der Waals surface area contributed by atoms with Crippen molar-refractivity contribution in [3.8, 4) is 0 Å². The van der Waals surface area contributed by atoms with Crippen molar-refractivity contribution in [1.82, 2.24) is 5.43 Å². The molecule has 0 saturated carbocycles. The maximum absolute atomic E-state index is 13.3. The Morgan fingerprint density at radius 2 is 1.74 bits per heavy atom. The van der Waals surface area contributed by atoms with Gasteiger partial charge in [0.2, 0.25) is 0 Å². The van der Waals surface area contributed by atoms with Crippen molar-refractivity contribution in [3.63, 3.8) is 0 Å². The highest BCUT2D eigenvalue weighted by atomic mass is 19.2. The minimum atomic E-state index is -0.872. The van der Waals surface area contributed by atoms with Crippen LogP contribution in [0, 0.1) is 25.5 Å². The minimum absolute atomic E-state index is 0.366. The molecule has 0 aliphatic rings. The van der Waals surface area contributed by atoms with Crippen molar-refractivity contribution in [2.45, 2.75) is 19.9 Å². The minimum Gasteiger partial charge on any atom is -0.271 e. The Kier molecular flexibility index (Phi) is 3.93. The average molecular weight is 262 g/mol. The van der Waals surface area contributed by atoms with E-state index < -0.39 is 11.6 Å². The number of nitrogens with two attached hydrogens (primary N) is 1. The zero-order valence-electron chi connectivity index (χ0n) is 10.9. The van der Waals surface area contributed by atoms with Crippen LogP contribution in [-0.2, 0) is 0 Å². The fourth-order valence-corrected chi connectivity index (χ4v) is 2.13. The Balaban J connectivity index is 2.49. The zero-order valence-corrected chi connectivity index (χ0v) is 10.9. The van der Waals surface area contributed by atoms with E-state index >= 15 is 0 Å². The van der Waals surface area contributed by atoms with E-state index in [9.17, 15) is 8.78 Å². The third-order valence-electron chi connectivity index (χ3n) is 3.19. The van der Waals surface area contributed by atoms with Crippen molar-refractivity contribution in [2.24, 2.45) is 5.84 Å². The summed E-state index contributed by atoms with van der Waals surface area (Å²) in [6.07, 6.45) is 0. The molecule has 0 bridgehead atoms. The Morgan fingerprint density at radius 3 is 2.37 bits per heavy atom. The standard InChI is InChI=1S/C15H16F2N2/c1-9-3-4-10(2)12(7-9)15(19-18)11-5-6-13(16)14(17)8-11/h3-8,15,19H,18H2,1-2H3. The van der Waals surface area contributed by atoms with E-state index in [1.807, 2.05) is 32.0 Å². The van der Waals surface area contributed by atoms with Gasteiger partial charge in [0.15, 0.2) is 11.6 Å². The molecule has 0 heterocycles. The third kappa shape index (κ3) is 2.80. The number of hydrazine groups is 1. The summed E-state index contributed by atoms with van der Waals surface area (Å²) in [6.45, 7) is 3.93. The smallest absolute Gasteiger partial charge is 0.159 e. The number of benzene rings is 2. The highest BCUT2D eigenvalue weighted by molar-refractivity contribution is 5.39. The lowest BCUT2D eigenvalue weighted by molar-refractivity contribution is 0.504. The second-order valence-corrected chi connectivity index (χ2v) is 4.63. The summed E-state index contributed by atoms with van der Waals surface area (Å²) >= 11 is 0. The van der Waals surface area contributed by atoms with Crippen LogP contribution >= 0.6 is 0 Å². The Labute approximate surface area is 111 Å². The molecule has 2 rings (SSSR count). The van der Waals surface area contributed by atoms with Gasteiger partial charge in [-0.05, 0) is 42.7 Å². The third-order valence-corrected chi connectivity index (χ3v) is 3.19. The van der Waals surface area contributed by atoms with Gasteiger partial charge in [-0.15, -0.1) is 0 Å². The van der Waals surface area contributed by atoms with Crippen LogP contribution in [-0.4, -0.2) is 0 Å². The fraction of sp³-hybridized carbons (Fsp3) is 0.200. The molecule has 0 aliphatic heterocycles. The molecule has 2 aromatic rings. The van der Waals surface area contributed by atoms with Crippen molar-refractivity contribution < 1.29 is 8.78 Å². The van der Waals surface area contributed by atoms with Crippen molar-refractivity contribution in [3.05, 3.63) is 70.3 Å². The fourth-order valence-electron chi connectivity index (χ4n) is 2.13. The molecule has 0 aliphatic carbocycles. The normalized spacial score (nSPS) is 12.5. The van der Waals surface area contributed by atoms with Crippen molar-refractivity contribution in [1.29, 1.82) is 0 Å². The number of hydrogen-bond acceptors (Lipinski definition) is 2. The second kappa shape index (κ2) is 5.47. The Morgan fingerprint density at radius 1 is 1.00 bits per heavy atom. The lowest BCUT2D eigenvalue weighted by Gasteiger charge is -2.20. The lowest BCUT2D eigenvalue weighted by atomic mass is 9.94. The number of rotatable bonds is 3. The van der Waals surface area contributed by atoms with Gasteiger partial charge in [0.25, 0.3) is 0 Å². The Bertz CT molecular complexity index is 597. The molecule has 2 nitrogen and oxygen atoms in total. The quantitative estimate of drug-likeness (QED) is 0.658. The van der Waals surface area contributed by atoms with Gasteiger partial charge in [-0.2, -0.15) is 0 Å². The molecule has 0 amide bonds. The summed E-state index contributed by atoms with van der Waals surface area (Å²) in [7, 11) is 0. The average Bonchev–Trinajstić information content (AvgIpc) is 2.38. The van der Waals surface area contributed by atoms with E-state index in [-0.39, 0.29) is 6.04 Å². The lowest BCUT2D eigenvalue weighted by Crippen LogP contribution is -2.29. The molecule has 100 valence electrons. The number of nitrogens with one attached hydrogen (secondary N) is 1. The van der Waals surface area contributed by atoms with Gasteiger partial charge in [0.1, 0.15) is 0 Å². The Hall–Kier alpha value is -1.78. The molecular weight excluding hydrogens is 246 g/mol. The van der Waals surface area contributed by atoms with Gasteiger partial charge >= 0.3 is 0 Å². The van der Waals surface area contributed by atoms with Gasteiger partial charge in [-0.25, -0.2) is 14.2 Å². The monoisotopic (exact) mass is 262 g/mol. The van der Waals surface area contributed by atoms with E-state index in [0.29, 0.717) is 5.56 Å². The number of halogens is 2. The van der Waals surface area contributed by atoms with Gasteiger partial charge in [-0.1, -0.05) is 29.8 Å². The SMILES string of the molecule is Cc1ccc(C)c(C(NN)c2ccc(F)c(F)c2)c1. The van der Waals surface area contributed by atoms with E-state index in [1.165, 1.54) is 12.1 Å². The summed E-state index contributed by atoms with van der Waals surface area (Å²) in [4.78, 5) is 0. The summed E-state index contributed by atoms with van der Waals surface area (Å²) in [6, 6.07) is 9.41. The summed E-state index contributed by atoms with van der Waals surface area (Å²) in [5.74, 6) is 3.84. The van der Waals surface area contributed by atoms with Gasteiger partial charge in [-0.3, -0.25) is 5.84 Å². The largest absolute Gasteiger partial charge is 0.271 e. The molecule has 2 aromatic carbocycles. The molecular formula is C15H16F2N2. The molecule has 0 spiro atoms. The molecule has 0 fully saturated rings. The summed E-state index contributed by atoms with van der Waals surface area (Å²) < 4.78 is 26.3. The van der Waals surface area contributed by atoms with Crippen molar-refractivity contribution >= 4 is 0 Å². The first-order valence-corrected chi connectivity index (χ1v) is 6.01. The van der Waals surface area contributed by atoms with Crippen LogP contribution in [0.5, 0.6) is 0 Å². The van der Waals surface area contributed by atoms with Gasteiger partial charge in [0, 0.05) is 0 Å². The maximum atomic E-state index is 13.3. The van der Waals surface area contributed by atoms with Crippen LogP contribution in [0.2, 0.25) is 0 Å². The highest BCUT2D eigenvalue weighted by Gasteiger charge is 2.16. The van der Waals surface area contributed by atoms with E-state index in [4.69, 9.17) is 5.84 Å². The van der Waals surface area contributed by atoms with Gasteiger partial charge < -0.3 is 0 Å². The first-order chi connectivity index (χ1) is 9.02. The number of hydrogen-bond donors (Lipinski definition) is 2. The predicted molar refractivity (Wildman–Crippen MR) is 71.4 cm³/mol. The zero-order chi connectivity index (χ0) is 14.0. The molecule has 0 aromatic heterocycles. The maximum Gasteiger partial charge on any atom is 0.159 e. The summed E-state index contributed by atoms with van der Waals surface area (Å²) in [5, 5.41) is 0. The highest BCUT2D eigenvalue weighted by Crippen LogP contribution is 2.26. The van der Waals surface area contributed by atoms with E-state index in [1.54, 1.807) is 0 Å². The number of aryl methyl sites for hydroxylation is 2. The predicted octanol–water partition coefficient (Wildman–Crippen LogP) is 3.13. The second-order valence-electron chi connectivity index (χ2n) is 4.63. The van der Waals surface area contributed by atoms with Crippen LogP contribution in [0.15, 0.2) is 36.4 Å². The molecule has 3 N–H and O–H groups in total. The first-order valence-electron chi connectivity index (χ1n) is 6.01.